The van der Waals surface area contributed by atoms with Crippen molar-refractivity contribution in [1.82, 2.24) is 8.87 Å². The van der Waals surface area contributed by atoms with Crippen LogP contribution in [-0.4, -0.2) is 28.6 Å². The lowest BCUT2D eigenvalue weighted by molar-refractivity contribution is 0.301. The average molecular weight is 409 g/mol. The summed E-state index contributed by atoms with van der Waals surface area (Å²) in [6.07, 6.45) is 4.46. The molecule has 0 bridgehead atoms. The molecule has 1 heterocycles. The maximum atomic E-state index is 12.6. The smallest absolute Gasteiger partial charge is 0.258 e. The van der Waals surface area contributed by atoms with Gasteiger partial charge in [-0.2, -0.15) is 0 Å². The minimum absolute atomic E-state index is 0.0264. The summed E-state index contributed by atoms with van der Waals surface area (Å²) in [5.41, 5.74) is 2.11. The van der Waals surface area contributed by atoms with E-state index in [1.54, 1.807) is 16.5 Å². The number of nitrogens with zero attached hydrogens (tertiary/aromatic N) is 2. The van der Waals surface area contributed by atoms with Gasteiger partial charge < -0.3 is 9.30 Å². The normalized spacial score (nSPS) is 13.9. The third-order valence-electron chi connectivity index (χ3n) is 5.44. The van der Waals surface area contributed by atoms with E-state index in [-0.39, 0.29) is 5.56 Å². The number of aromatic nitrogens is 1. The second-order valence-electron chi connectivity index (χ2n) is 7.62. The summed E-state index contributed by atoms with van der Waals surface area (Å²) in [6, 6.07) is 14.3. The van der Waals surface area contributed by atoms with Crippen molar-refractivity contribution in [2.24, 2.45) is 13.0 Å². The van der Waals surface area contributed by atoms with Gasteiger partial charge >= 0.3 is 0 Å². The monoisotopic (exact) mass is 408 g/mol. The lowest BCUT2D eigenvalue weighted by Gasteiger charge is -2.19. The number of rotatable bonds is 8. The fourth-order valence-electron chi connectivity index (χ4n) is 3.53. The number of hydrogen-bond acceptors (Lipinski definition) is 4. The van der Waals surface area contributed by atoms with Crippen LogP contribution in [0.2, 0.25) is 0 Å². The molecule has 0 N–H and O–H groups in total. The number of fused-ring (bicyclic) bond motifs is 1. The van der Waals surface area contributed by atoms with E-state index < -0.39 is 0 Å². The summed E-state index contributed by atoms with van der Waals surface area (Å²) in [4.78, 5) is 13.8. The van der Waals surface area contributed by atoms with E-state index in [4.69, 9.17) is 4.74 Å². The molecule has 5 heteroatoms. The second-order valence-corrected chi connectivity index (χ2v) is 8.79. The van der Waals surface area contributed by atoms with Crippen LogP contribution < -0.4 is 10.3 Å². The number of pyridine rings is 1. The molecular weight excluding hydrogens is 380 g/mol. The van der Waals surface area contributed by atoms with Crippen molar-refractivity contribution in [3.05, 3.63) is 59.0 Å². The van der Waals surface area contributed by atoms with E-state index in [1.165, 1.54) is 17.7 Å². The van der Waals surface area contributed by atoms with Gasteiger partial charge in [-0.3, -0.25) is 4.79 Å². The van der Waals surface area contributed by atoms with Crippen LogP contribution in [0.5, 0.6) is 5.75 Å². The van der Waals surface area contributed by atoms with Gasteiger partial charge in [0.1, 0.15) is 5.75 Å². The molecule has 1 aliphatic carbocycles. The van der Waals surface area contributed by atoms with Gasteiger partial charge in [0.2, 0.25) is 0 Å². The maximum Gasteiger partial charge on any atom is 0.258 e. The highest BCUT2D eigenvalue weighted by Crippen LogP contribution is 2.39. The third kappa shape index (κ3) is 4.36. The minimum Gasteiger partial charge on any atom is -0.493 e. The molecule has 1 aromatic heterocycles. The first kappa shape index (κ1) is 20.0. The topological polar surface area (TPSA) is 34.5 Å². The molecule has 1 fully saturated rings. The van der Waals surface area contributed by atoms with E-state index in [1.807, 2.05) is 37.5 Å². The van der Waals surface area contributed by atoms with Gasteiger partial charge in [0.25, 0.3) is 5.56 Å². The molecule has 4 rings (SSSR count). The van der Waals surface area contributed by atoms with Crippen LogP contribution in [0.25, 0.3) is 21.9 Å². The quantitative estimate of drug-likeness (QED) is 0.471. The summed E-state index contributed by atoms with van der Waals surface area (Å²) in [6.45, 7) is 7.08. The highest BCUT2D eigenvalue weighted by Gasteiger charge is 2.23. The maximum absolute atomic E-state index is 12.6. The molecule has 0 spiro atoms. The van der Waals surface area contributed by atoms with Crippen LogP contribution in [0.15, 0.2) is 58.4 Å². The largest absolute Gasteiger partial charge is 0.493 e. The third-order valence-corrected chi connectivity index (χ3v) is 6.68. The molecule has 3 aromatic rings. The Kier molecular flexibility index (Phi) is 5.97. The van der Waals surface area contributed by atoms with Crippen LogP contribution >= 0.6 is 11.9 Å². The van der Waals surface area contributed by atoms with Crippen LogP contribution in [0.3, 0.4) is 0 Å². The van der Waals surface area contributed by atoms with Crippen molar-refractivity contribution in [1.29, 1.82) is 0 Å². The number of benzene rings is 2. The SMILES string of the molecule is CCN(CC)Sc1ccc(OCC2CC2)c(-c2cn(C)c(=O)c3ccccc23)c1. The van der Waals surface area contributed by atoms with Gasteiger partial charge in [-0.15, -0.1) is 0 Å². The van der Waals surface area contributed by atoms with Crippen LogP contribution in [0, 0.1) is 5.92 Å². The van der Waals surface area contributed by atoms with Crippen molar-refractivity contribution in [3.8, 4) is 16.9 Å². The fraction of sp³-hybridized carbons (Fsp3) is 0.375. The van der Waals surface area contributed by atoms with Crippen molar-refractivity contribution < 1.29 is 4.74 Å². The Bertz CT molecular complexity index is 1070. The molecule has 0 unspecified atom stereocenters. The second kappa shape index (κ2) is 8.64. The van der Waals surface area contributed by atoms with Gasteiger partial charge in [-0.1, -0.05) is 32.0 Å². The summed E-state index contributed by atoms with van der Waals surface area (Å²) >= 11 is 1.76. The summed E-state index contributed by atoms with van der Waals surface area (Å²) < 4.78 is 10.2. The first-order chi connectivity index (χ1) is 14.1. The first-order valence-corrected chi connectivity index (χ1v) is 11.2. The fourth-order valence-corrected chi connectivity index (χ4v) is 4.38. The molecule has 0 saturated heterocycles. The van der Waals surface area contributed by atoms with Crippen molar-refractivity contribution in [2.75, 3.05) is 19.7 Å². The molecule has 0 amide bonds. The standard InChI is InChI=1S/C24H28N2O2S/c1-4-26(5-2)29-18-12-13-23(28-16-17-10-11-17)21(14-18)22-15-25(3)24(27)20-9-7-6-8-19(20)22/h6-9,12-15,17H,4-5,10-11,16H2,1-3H3. The summed E-state index contributed by atoms with van der Waals surface area (Å²) in [5, 5.41) is 1.71. The van der Waals surface area contributed by atoms with Crippen molar-refractivity contribution in [2.45, 2.75) is 31.6 Å². The Balaban J connectivity index is 1.84. The Morgan fingerprint density at radius 2 is 1.79 bits per heavy atom. The predicted molar refractivity (Wildman–Crippen MR) is 122 cm³/mol. The summed E-state index contributed by atoms with van der Waals surface area (Å²) in [5.74, 6) is 1.58. The first-order valence-electron chi connectivity index (χ1n) is 10.4. The van der Waals surface area contributed by atoms with E-state index >= 15 is 0 Å². The zero-order chi connectivity index (χ0) is 20.4. The Morgan fingerprint density at radius 3 is 2.48 bits per heavy atom. The minimum atomic E-state index is 0.0264. The van der Waals surface area contributed by atoms with Crippen molar-refractivity contribution in [3.63, 3.8) is 0 Å². The Morgan fingerprint density at radius 1 is 1.07 bits per heavy atom. The van der Waals surface area contributed by atoms with E-state index in [9.17, 15) is 4.79 Å². The Hall–Kier alpha value is -2.24. The van der Waals surface area contributed by atoms with Gasteiger partial charge in [0.05, 0.1) is 6.61 Å². The predicted octanol–water partition coefficient (Wildman–Crippen LogP) is 5.34. The molecule has 2 aromatic carbocycles. The van der Waals surface area contributed by atoms with E-state index in [0.717, 1.165) is 47.3 Å². The molecule has 152 valence electrons. The van der Waals surface area contributed by atoms with Crippen molar-refractivity contribution >= 4 is 22.7 Å². The van der Waals surface area contributed by atoms with Gasteiger partial charge in [0, 0.05) is 47.7 Å². The molecule has 0 radical (unpaired) electrons. The highest BCUT2D eigenvalue weighted by atomic mass is 32.2. The van der Waals surface area contributed by atoms with Crippen LogP contribution in [0.1, 0.15) is 26.7 Å². The molecule has 0 atom stereocenters. The van der Waals surface area contributed by atoms with Gasteiger partial charge in [0.15, 0.2) is 0 Å². The number of hydrogen-bond donors (Lipinski definition) is 0. The number of ether oxygens (including phenoxy) is 1. The van der Waals surface area contributed by atoms with Gasteiger partial charge in [-0.05, 0) is 60.4 Å². The molecule has 1 saturated carbocycles. The highest BCUT2D eigenvalue weighted by molar-refractivity contribution is 7.97. The van der Waals surface area contributed by atoms with Crippen LogP contribution in [0.4, 0.5) is 0 Å². The lowest BCUT2D eigenvalue weighted by Crippen LogP contribution is -2.16. The lowest BCUT2D eigenvalue weighted by atomic mass is 10.00. The molecule has 29 heavy (non-hydrogen) atoms. The molecule has 0 aliphatic heterocycles. The zero-order valence-electron chi connectivity index (χ0n) is 17.4. The molecular formula is C24H28N2O2S. The molecule has 4 nitrogen and oxygen atoms in total. The van der Waals surface area contributed by atoms with E-state index in [2.05, 4.69) is 36.4 Å². The van der Waals surface area contributed by atoms with Gasteiger partial charge in [-0.25, -0.2) is 4.31 Å². The van der Waals surface area contributed by atoms with E-state index in [0.29, 0.717) is 5.92 Å². The van der Waals surface area contributed by atoms with Crippen LogP contribution in [-0.2, 0) is 7.05 Å². The zero-order valence-corrected chi connectivity index (χ0v) is 18.2. The number of aryl methyl sites for hydroxylation is 1. The molecule has 1 aliphatic rings. The average Bonchev–Trinajstić information content (AvgIpc) is 3.58. The Labute approximate surface area is 176 Å². The summed E-state index contributed by atoms with van der Waals surface area (Å²) in [7, 11) is 1.82.